The Morgan fingerprint density at radius 2 is 1.81 bits per heavy atom. The highest BCUT2D eigenvalue weighted by molar-refractivity contribution is 6.31. The third-order valence-electron chi connectivity index (χ3n) is 4.45. The van der Waals surface area contributed by atoms with Gasteiger partial charge in [-0.2, -0.15) is 5.10 Å². The van der Waals surface area contributed by atoms with Crippen molar-refractivity contribution in [2.75, 3.05) is 13.1 Å². The Bertz CT molecular complexity index is 843. The van der Waals surface area contributed by atoms with Gasteiger partial charge in [-0.15, -0.1) is 0 Å². The monoisotopic (exact) mass is 390 g/mol. The van der Waals surface area contributed by atoms with Crippen molar-refractivity contribution in [3.8, 4) is 5.69 Å². The molecule has 0 aliphatic carbocycles. The summed E-state index contributed by atoms with van der Waals surface area (Å²) in [5.41, 5.74) is 4.50. The Hall–Kier alpha value is -2.34. The van der Waals surface area contributed by atoms with Gasteiger partial charge in [0.15, 0.2) is 0 Å². The number of carbonyl (C=O) groups is 2. The van der Waals surface area contributed by atoms with Crippen molar-refractivity contribution >= 4 is 23.4 Å². The molecule has 146 valence electrons. The standard InChI is InChI=1S/C20H27ClN4O2/c1-12(2)20(27)23-9-8-22-19(26)11-17-14(4)24-25(15(17)5)16-7-6-13(3)18(21)10-16/h6-7,10,12H,8-9,11H2,1-5H3,(H,22,26)(H,23,27). The van der Waals surface area contributed by atoms with Crippen molar-refractivity contribution in [2.45, 2.75) is 41.0 Å². The first-order valence-electron chi connectivity index (χ1n) is 9.06. The molecule has 7 heteroatoms. The van der Waals surface area contributed by atoms with Gasteiger partial charge in [0, 0.05) is 35.3 Å². The maximum Gasteiger partial charge on any atom is 0.224 e. The van der Waals surface area contributed by atoms with E-state index in [1.165, 1.54) is 0 Å². The zero-order valence-electron chi connectivity index (χ0n) is 16.5. The lowest BCUT2D eigenvalue weighted by atomic mass is 10.1. The first-order chi connectivity index (χ1) is 12.7. The van der Waals surface area contributed by atoms with Gasteiger partial charge in [0.25, 0.3) is 0 Å². The first-order valence-corrected chi connectivity index (χ1v) is 9.44. The van der Waals surface area contributed by atoms with Crippen molar-refractivity contribution < 1.29 is 9.59 Å². The van der Waals surface area contributed by atoms with Crippen molar-refractivity contribution in [2.24, 2.45) is 5.92 Å². The van der Waals surface area contributed by atoms with E-state index in [-0.39, 0.29) is 24.2 Å². The molecule has 0 radical (unpaired) electrons. The smallest absolute Gasteiger partial charge is 0.224 e. The number of aryl methyl sites for hydroxylation is 2. The Labute approximate surface area is 165 Å². The summed E-state index contributed by atoms with van der Waals surface area (Å²) in [4.78, 5) is 23.8. The van der Waals surface area contributed by atoms with Crippen molar-refractivity contribution in [3.05, 3.63) is 45.7 Å². The minimum atomic E-state index is -0.0958. The van der Waals surface area contributed by atoms with Crippen LogP contribution in [0.2, 0.25) is 5.02 Å². The Balaban J connectivity index is 2.01. The fraction of sp³-hybridized carbons (Fsp3) is 0.450. The summed E-state index contributed by atoms with van der Waals surface area (Å²) >= 11 is 6.22. The summed E-state index contributed by atoms with van der Waals surface area (Å²) in [5, 5.41) is 10.9. The van der Waals surface area contributed by atoms with Gasteiger partial charge in [0.1, 0.15) is 0 Å². The third-order valence-corrected chi connectivity index (χ3v) is 4.86. The largest absolute Gasteiger partial charge is 0.354 e. The maximum atomic E-state index is 12.3. The second-order valence-corrected chi connectivity index (χ2v) is 7.37. The van der Waals surface area contributed by atoms with E-state index in [9.17, 15) is 9.59 Å². The lowest BCUT2D eigenvalue weighted by Crippen LogP contribution is -2.37. The van der Waals surface area contributed by atoms with E-state index in [2.05, 4.69) is 15.7 Å². The van der Waals surface area contributed by atoms with E-state index < -0.39 is 0 Å². The molecule has 27 heavy (non-hydrogen) atoms. The summed E-state index contributed by atoms with van der Waals surface area (Å²) in [6.07, 6.45) is 0.245. The van der Waals surface area contributed by atoms with Gasteiger partial charge in [-0.1, -0.05) is 31.5 Å². The fourth-order valence-electron chi connectivity index (χ4n) is 2.71. The molecule has 6 nitrogen and oxygen atoms in total. The van der Waals surface area contributed by atoms with E-state index in [0.29, 0.717) is 18.1 Å². The summed E-state index contributed by atoms with van der Waals surface area (Å²) in [6, 6.07) is 5.78. The van der Waals surface area contributed by atoms with Crippen LogP contribution in [0.15, 0.2) is 18.2 Å². The van der Waals surface area contributed by atoms with Crippen molar-refractivity contribution in [3.63, 3.8) is 0 Å². The molecule has 0 fully saturated rings. The lowest BCUT2D eigenvalue weighted by Gasteiger charge is -2.09. The number of rotatable bonds is 7. The van der Waals surface area contributed by atoms with Crippen LogP contribution in [-0.2, 0) is 16.0 Å². The molecule has 0 bridgehead atoms. The molecule has 0 saturated heterocycles. The molecule has 0 unspecified atom stereocenters. The molecule has 0 spiro atoms. The van der Waals surface area contributed by atoms with Gasteiger partial charge in [0.05, 0.1) is 17.8 Å². The minimum Gasteiger partial charge on any atom is -0.354 e. The van der Waals surface area contributed by atoms with Crippen LogP contribution in [0, 0.1) is 26.7 Å². The molecule has 2 N–H and O–H groups in total. The highest BCUT2D eigenvalue weighted by Gasteiger charge is 2.16. The maximum absolute atomic E-state index is 12.3. The van der Waals surface area contributed by atoms with Crippen LogP contribution in [0.25, 0.3) is 5.69 Å². The molecule has 1 aromatic heterocycles. The van der Waals surface area contributed by atoms with E-state index in [0.717, 1.165) is 28.2 Å². The van der Waals surface area contributed by atoms with Gasteiger partial charge in [-0.25, -0.2) is 4.68 Å². The van der Waals surface area contributed by atoms with E-state index in [1.807, 2.05) is 57.5 Å². The van der Waals surface area contributed by atoms with E-state index in [1.54, 1.807) is 0 Å². The van der Waals surface area contributed by atoms with Crippen LogP contribution in [0.1, 0.15) is 36.4 Å². The zero-order chi connectivity index (χ0) is 20.1. The predicted octanol–water partition coefficient (Wildman–Crippen LogP) is 2.88. The first kappa shape index (κ1) is 21.0. The van der Waals surface area contributed by atoms with Crippen LogP contribution < -0.4 is 10.6 Å². The number of hydrogen-bond acceptors (Lipinski definition) is 3. The molecule has 0 atom stereocenters. The van der Waals surface area contributed by atoms with Gasteiger partial charge in [-0.05, 0) is 38.5 Å². The fourth-order valence-corrected chi connectivity index (χ4v) is 2.89. The number of amides is 2. The van der Waals surface area contributed by atoms with Crippen molar-refractivity contribution in [1.82, 2.24) is 20.4 Å². The van der Waals surface area contributed by atoms with Crippen LogP contribution in [0.5, 0.6) is 0 Å². The summed E-state index contributed by atoms with van der Waals surface area (Å²) in [7, 11) is 0. The summed E-state index contributed by atoms with van der Waals surface area (Å²) in [6.45, 7) is 10.3. The highest BCUT2D eigenvalue weighted by atomic mass is 35.5. The highest BCUT2D eigenvalue weighted by Crippen LogP contribution is 2.23. The summed E-state index contributed by atoms with van der Waals surface area (Å²) in [5.74, 6) is -0.178. The van der Waals surface area contributed by atoms with Gasteiger partial charge in [-0.3, -0.25) is 9.59 Å². The van der Waals surface area contributed by atoms with Crippen LogP contribution in [-0.4, -0.2) is 34.7 Å². The van der Waals surface area contributed by atoms with Gasteiger partial charge < -0.3 is 10.6 Å². The van der Waals surface area contributed by atoms with Crippen molar-refractivity contribution in [1.29, 1.82) is 0 Å². The summed E-state index contributed by atoms with van der Waals surface area (Å²) < 4.78 is 1.81. The number of nitrogens with zero attached hydrogens (tertiary/aromatic N) is 2. The zero-order valence-corrected chi connectivity index (χ0v) is 17.3. The van der Waals surface area contributed by atoms with Gasteiger partial charge in [0.2, 0.25) is 11.8 Å². The van der Waals surface area contributed by atoms with Crippen LogP contribution >= 0.6 is 11.6 Å². The minimum absolute atomic E-state index is 0.0195. The number of benzene rings is 1. The number of halogens is 1. The van der Waals surface area contributed by atoms with Crippen LogP contribution in [0.3, 0.4) is 0 Å². The third kappa shape index (κ3) is 5.32. The molecule has 2 rings (SSSR count). The predicted molar refractivity (Wildman–Crippen MR) is 107 cm³/mol. The lowest BCUT2D eigenvalue weighted by molar-refractivity contribution is -0.124. The molecular weight excluding hydrogens is 364 g/mol. The van der Waals surface area contributed by atoms with Gasteiger partial charge >= 0.3 is 0 Å². The molecule has 0 aliphatic heterocycles. The van der Waals surface area contributed by atoms with E-state index >= 15 is 0 Å². The Kier molecular flexibility index (Phi) is 7.02. The van der Waals surface area contributed by atoms with E-state index in [4.69, 9.17) is 11.6 Å². The number of carbonyl (C=O) groups excluding carboxylic acids is 2. The molecule has 2 amide bonds. The number of nitrogens with one attached hydrogen (secondary N) is 2. The second-order valence-electron chi connectivity index (χ2n) is 6.97. The second kappa shape index (κ2) is 9.04. The topological polar surface area (TPSA) is 76.0 Å². The average molecular weight is 391 g/mol. The SMILES string of the molecule is Cc1ccc(-n2nc(C)c(CC(=O)NCCNC(=O)C(C)C)c2C)cc1Cl. The Morgan fingerprint density at radius 3 is 2.44 bits per heavy atom. The van der Waals surface area contributed by atoms with Crippen LogP contribution in [0.4, 0.5) is 0 Å². The molecule has 1 aromatic carbocycles. The molecule has 1 heterocycles. The number of aromatic nitrogens is 2. The number of hydrogen-bond donors (Lipinski definition) is 2. The molecular formula is C20H27ClN4O2. The normalized spacial score (nSPS) is 10.9. The Morgan fingerprint density at radius 1 is 1.15 bits per heavy atom. The molecule has 0 saturated carbocycles. The average Bonchev–Trinajstić information content (AvgIpc) is 2.89. The quantitative estimate of drug-likeness (QED) is 0.714. The molecule has 0 aliphatic rings. The molecule has 2 aromatic rings.